The van der Waals surface area contributed by atoms with Crippen molar-refractivity contribution >= 4 is 31.5 Å². The van der Waals surface area contributed by atoms with Gasteiger partial charge in [0.2, 0.25) is 5.91 Å². The number of primary amides is 1. The van der Waals surface area contributed by atoms with Gasteiger partial charge in [0, 0.05) is 6.54 Å². The molecule has 10 heteroatoms. The van der Waals surface area contributed by atoms with Crippen LogP contribution in [0.15, 0.2) is 0 Å². The predicted octanol–water partition coefficient (Wildman–Crippen LogP) is 1.98. The number of urea groups is 1. The molecule has 1 unspecified atom stereocenters. The second kappa shape index (κ2) is 9.85. The molecule has 0 spiro atoms. The van der Waals surface area contributed by atoms with Crippen LogP contribution in [0, 0.1) is 23.2 Å². The summed E-state index contributed by atoms with van der Waals surface area (Å²) in [5.74, 6) is 1.09. The van der Waals surface area contributed by atoms with E-state index in [0.29, 0.717) is 37.1 Å². The van der Waals surface area contributed by atoms with Gasteiger partial charge in [0.25, 0.3) is 0 Å². The van der Waals surface area contributed by atoms with Crippen LogP contribution in [0.3, 0.4) is 0 Å². The van der Waals surface area contributed by atoms with Crippen molar-refractivity contribution in [2.24, 2.45) is 34.6 Å². The van der Waals surface area contributed by atoms with Gasteiger partial charge in [-0.3, -0.25) is 4.79 Å². The van der Waals surface area contributed by atoms with Crippen molar-refractivity contribution in [3.8, 4) is 0 Å². The largest absolute Gasteiger partial charge is 0.481 e. The van der Waals surface area contributed by atoms with Gasteiger partial charge in [0.15, 0.2) is 0 Å². The van der Waals surface area contributed by atoms with Crippen LogP contribution >= 0.6 is 12.4 Å². The van der Waals surface area contributed by atoms with Crippen molar-refractivity contribution in [1.29, 1.82) is 0 Å². The summed E-state index contributed by atoms with van der Waals surface area (Å²) >= 11 is 0. The molecule has 4 fully saturated rings. The lowest BCUT2D eigenvalue weighted by molar-refractivity contribution is -0.199. The Labute approximate surface area is 192 Å². The molecule has 4 aliphatic rings. The van der Waals surface area contributed by atoms with Crippen molar-refractivity contribution in [1.82, 2.24) is 10.6 Å². The zero-order chi connectivity index (χ0) is 22.3. The summed E-state index contributed by atoms with van der Waals surface area (Å²) in [6.07, 6.45) is 4.10. The lowest BCUT2D eigenvalue weighted by Gasteiger charge is -2.64. The van der Waals surface area contributed by atoms with Crippen LogP contribution in [-0.2, 0) is 14.1 Å². The quantitative estimate of drug-likeness (QED) is 0.310. The van der Waals surface area contributed by atoms with E-state index in [1.165, 1.54) is 6.42 Å². The van der Waals surface area contributed by atoms with E-state index in [1.54, 1.807) is 0 Å². The third-order valence-electron chi connectivity index (χ3n) is 7.68. The summed E-state index contributed by atoms with van der Waals surface area (Å²) in [6, 6.07) is -1.23. The highest BCUT2D eigenvalue weighted by atomic mass is 35.5. The number of nitrogens with one attached hydrogen (secondary N) is 2. The Kier molecular flexibility index (Phi) is 8.34. The van der Waals surface area contributed by atoms with Crippen LogP contribution < -0.4 is 22.1 Å². The van der Waals surface area contributed by atoms with Crippen molar-refractivity contribution in [2.75, 3.05) is 6.54 Å². The van der Waals surface area contributed by atoms with E-state index in [2.05, 4.69) is 45.3 Å². The fourth-order valence-corrected chi connectivity index (χ4v) is 5.77. The molecule has 1 saturated heterocycles. The summed E-state index contributed by atoms with van der Waals surface area (Å²) in [7, 11) is -0.453. The van der Waals surface area contributed by atoms with Crippen molar-refractivity contribution < 1.29 is 18.9 Å². The number of nitrogens with two attached hydrogens (primary N) is 2. The molecule has 6 N–H and O–H groups in total. The Morgan fingerprint density at radius 1 is 1.23 bits per heavy atom. The molecule has 3 aliphatic carbocycles. The van der Waals surface area contributed by atoms with E-state index < -0.39 is 19.2 Å². The second-order valence-corrected chi connectivity index (χ2v) is 10.6. The van der Waals surface area contributed by atoms with Crippen LogP contribution in [0.2, 0.25) is 0 Å². The molecule has 178 valence electrons. The maximum atomic E-state index is 12.7. The molecule has 8 nitrogen and oxygen atoms in total. The smallest absolute Gasteiger partial charge is 0.404 e. The molecule has 6 atom stereocenters. The molecular formula is C21H40BClN4O4. The van der Waals surface area contributed by atoms with Gasteiger partial charge in [-0.15, -0.1) is 12.4 Å². The van der Waals surface area contributed by atoms with Crippen molar-refractivity contribution in [3.63, 3.8) is 0 Å². The molecule has 3 amide bonds. The zero-order valence-corrected chi connectivity index (χ0v) is 20.3. The fourth-order valence-electron chi connectivity index (χ4n) is 5.77. The molecule has 1 heterocycles. The zero-order valence-electron chi connectivity index (χ0n) is 19.5. The first-order chi connectivity index (χ1) is 13.9. The van der Waals surface area contributed by atoms with Crippen molar-refractivity contribution in [2.45, 2.75) is 90.4 Å². The summed E-state index contributed by atoms with van der Waals surface area (Å²) < 4.78 is 13.0. The molecular weight excluding hydrogens is 419 g/mol. The van der Waals surface area contributed by atoms with Crippen LogP contribution in [0.25, 0.3) is 0 Å². The van der Waals surface area contributed by atoms with Gasteiger partial charge >= 0.3 is 13.1 Å². The minimum atomic E-state index is -0.652. The maximum Gasteiger partial charge on any atom is 0.481 e. The number of amides is 3. The first kappa shape index (κ1) is 26.2. The number of carbonyl (C=O) groups excluding carboxylic acids is 2. The molecule has 4 rings (SSSR count). The summed E-state index contributed by atoms with van der Waals surface area (Å²) in [5, 5.41) is 5.60. The summed E-state index contributed by atoms with van der Waals surface area (Å²) in [6.45, 7) is 11.5. The van der Waals surface area contributed by atoms with E-state index in [-0.39, 0.29) is 41.4 Å². The van der Waals surface area contributed by atoms with Gasteiger partial charge in [-0.2, -0.15) is 0 Å². The number of hydrogen-bond acceptors (Lipinski definition) is 5. The molecule has 2 bridgehead atoms. The van der Waals surface area contributed by atoms with E-state index in [0.717, 1.165) is 12.8 Å². The normalized spacial score (nSPS) is 32.4. The number of rotatable bonds is 9. The Hall–Kier alpha value is -1.03. The van der Waals surface area contributed by atoms with E-state index in [1.807, 2.05) is 0 Å². The maximum absolute atomic E-state index is 12.7. The lowest BCUT2D eigenvalue weighted by Crippen LogP contribution is -2.65. The Morgan fingerprint density at radius 2 is 1.90 bits per heavy atom. The molecule has 0 aromatic heterocycles. The van der Waals surface area contributed by atoms with Gasteiger partial charge < -0.3 is 31.4 Å². The minimum Gasteiger partial charge on any atom is -0.404 e. The Morgan fingerprint density at radius 3 is 2.48 bits per heavy atom. The number of carbonyl (C=O) groups is 2. The van der Waals surface area contributed by atoms with Crippen LogP contribution in [0.1, 0.15) is 66.7 Å². The first-order valence-corrected chi connectivity index (χ1v) is 11.4. The van der Waals surface area contributed by atoms with E-state index in [9.17, 15) is 9.59 Å². The third kappa shape index (κ3) is 5.32. The highest BCUT2D eigenvalue weighted by Crippen LogP contribution is 2.65. The fraction of sp³-hybridized carbons (Fsp3) is 0.905. The molecule has 1 aliphatic heterocycles. The molecule has 3 saturated carbocycles. The number of hydrogen-bond donors (Lipinski definition) is 4. The first-order valence-electron chi connectivity index (χ1n) is 11.4. The van der Waals surface area contributed by atoms with E-state index in [4.69, 9.17) is 20.8 Å². The van der Waals surface area contributed by atoms with Crippen LogP contribution in [0.5, 0.6) is 0 Å². The highest BCUT2D eigenvalue weighted by Gasteiger charge is 2.68. The molecule has 0 aromatic rings. The van der Waals surface area contributed by atoms with Gasteiger partial charge in [-0.25, -0.2) is 4.79 Å². The molecule has 0 aromatic carbocycles. The van der Waals surface area contributed by atoms with E-state index >= 15 is 0 Å². The average molecular weight is 459 g/mol. The average Bonchev–Trinajstić information content (AvgIpc) is 3.00. The Bertz CT molecular complexity index is 667. The van der Waals surface area contributed by atoms with Gasteiger partial charge in [-0.1, -0.05) is 27.7 Å². The van der Waals surface area contributed by atoms with Gasteiger partial charge in [0.1, 0.15) is 0 Å². The van der Waals surface area contributed by atoms with Crippen molar-refractivity contribution in [3.05, 3.63) is 0 Å². The Balaban J connectivity index is 0.00000341. The SMILES string of the molecule is CC(C)C[C@H](NC(=O)C(N)CCCNC(N)=O)B1O[C@@H]2C[C@@H]3C[C@@H](C3(C)C)[C@]2(C)O1.Cl. The topological polar surface area (TPSA) is 129 Å². The number of halogens is 1. The summed E-state index contributed by atoms with van der Waals surface area (Å²) in [4.78, 5) is 23.5. The minimum absolute atomic E-state index is 0. The standard InChI is InChI=1S/C21H39BN4O4.ClH/c1-12(2)9-17(26-18(27)14(23)7-6-8-25-19(24)28)22-29-16-11-13-10-15(20(13,3)4)21(16,5)30-22;/h12-17H,6-11,23H2,1-5H3,(H,26,27)(H3,24,25,28);1H/t13-,14?,15-,16+,17-,21-;/m0./s1. The lowest BCUT2D eigenvalue weighted by atomic mass is 9.43. The van der Waals surface area contributed by atoms with Gasteiger partial charge in [-0.05, 0) is 62.2 Å². The summed E-state index contributed by atoms with van der Waals surface area (Å²) in [5.41, 5.74) is 11.1. The molecule has 0 radical (unpaired) electrons. The second-order valence-electron chi connectivity index (χ2n) is 10.6. The third-order valence-corrected chi connectivity index (χ3v) is 7.68. The highest BCUT2D eigenvalue weighted by molar-refractivity contribution is 6.47. The van der Waals surface area contributed by atoms with Crippen LogP contribution in [-0.4, -0.2) is 49.3 Å². The predicted molar refractivity (Wildman–Crippen MR) is 124 cm³/mol. The monoisotopic (exact) mass is 458 g/mol. The van der Waals surface area contributed by atoms with Crippen LogP contribution in [0.4, 0.5) is 4.79 Å². The molecule has 31 heavy (non-hydrogen) atoms. The van der Waals surface area contributed by atoms with Gasteiger partial charge in [0.05, 0.1) is 23.7 Å².